The molecule has 1 saturated carbocycles. The topological polar surface area (TPSA) is 52.7 Å². The lowest BCUT2D eigenvalue weighted by Crippen LogP contribution is -2.57. The molecular formula is C17H29N3O2S. The zero-order valence-corrected chi connectivity index (χ0v) is 15.0. The van der Waals surface area contributed by atoms with Crippen LogP contribution in [0.1, 0.15) is 39.0 Å². The zero-order chi connectivity index (χ0) is 16.3. The Bertz CT molecular complexity index is 445. The van der Waals surface area contributed by atoms with Gasteiger partial charge in [-0.05, 0) is 19.3 Å². The first-order valence-electron chi connectivity index (χ1n) is 8.97. The van der Waals surface area contributed by atoms with Crippen molar-refractivity contribution in [2.24, 2.45) is 5.92 Å². The van der Waals surface area contributed by atoms with Gasteiger partial charge in [-0.3, -0.25) is 14.5 Å². The van der Waals surface area contributed by atoms with Crippen LogP contribution >= 0.6 is 11.8 Å². The molecule has 2 saturated heterocycles. The zero-order valence-electron chi connectivity index (χ0n) is 14.2. The molecule has 0 aromatic carbocycles. The van der Waals surface area contributed by atoms with Crippen LogP contribution in [0, 0.1) is 5.92 Å². The van der Waals surface area contributed by atoms with Gasteiger partial charge >= 0.3 is 0 Å². The number of carbonyl (C=O) groups excluding carboxylic acids is 2. The molecular weight excluding hydrogens is 310 g/mol. The molecule has 2 amide bonds. The van der Waals surface area contributed by atoms with Gasteiger partial charge in [-0.1, -0.05) is 12.8 Å². The molecule has 3 aliphatic rings. The molecule has 5 nitrogen and oxygen atoms in total. The Labute approximate surface area is 143 Å². The number of hydrogen-bond acceptors (Lipinski definition) is 4. The fourth-order valence-electron chi connectivity index (χ4n) is 4.33. The van der Waals surface area contributed by atoms with E-state index in [1.54, 1.807) is 11.8 Å². The first-order valence-corrected chi connectivity index (χ1v) is 10.1. The van der Waals surface area contributed by atoms with E-state index in [0.717, 1.165) is 32.6 Å². The molecule has 1 atom stereocenters. The second-order valence-electron chi connectivity index (χ2n) is 7.20. The number of rotatable bonds is 4. The Kier molecular flexibility index (Phi) is 5.52. The van der Waals surface area contributed by atoms with Crippen LogP contribution < -0.4 is 5.32 Å². The van der Waals surface area contributed by atoms with Crippen molar-refractivity contribution in [3.63, 3.8) is 0 Å². The lowest BCUT2D eigenvalue weighted by molar-refractivity contribution is -0.128. The fraction of sp³-hybridized carbons (Fsp3) is 0.882. The molecule has 6 heteroatoms. The average Bonchev–Trinajstić information content (AvgIpc) is 3.24. The number of carbonyl (C=O) groups is 2. The Morgan fingerprint density at radius 2 is 1.87 bits per heavy atom. The Morgan fingerprint density at radius 1 is 1.17 bits per heavy atom. The minimum absolute atomic E-state index is 0.0192. The van der Waals surface area contributed by atoms with Crippen LogP contribution in [0.15, 0.2) is 0 Å². The van der Waals surface area contributed by atoms with Crippen molar-refractivity contribution in [1.82, 2.24) is 15.1 Å². The summed E-state index contributed by atoms with van der Waals surface area (Å²) in [6.07, 6.45) is 5.78. The number of amides is 2. The standard InChI is InChI=1S/C17H29N3O2S/c1-14(21)19-7-4-15(12-19)16(22)18-13-17(5-2-3-6-17)20-8-10-23-11-9-20/h15H,2-13H2,1H3,(H,18,22)/t15-/m1/s1. The van der Waals surface area contributed by atoms with Crippen molar-refractivity contribution in [3.05, 3.63) is 0 Å². The number of nitrogens with one attached hydrogen (secondary N) is 1. The summed E-state index contributed by atoms with van der Waals surface area (Å²) >= 11 is 2.04. The smallest absolute Gasteiger partial charge is 0.225 e. The highest BCUT2D eigenvalue weighted by atomic mass is 32.2. The summed E-state index contributed by atoms with van der Waals surface area (Å²) < 4.78 is 0. The van der Waals surface area contributed by atoms with E-state index in [-0.39, 0.29) is 23.3 Å². The van der Waals surface area contributed by atoms with Crippen molar-refractivity contribution in [2.45, 2.75) is 44.6 Å². The molecule has 130 valence electrons. The highest BCUT2D eigenvalue weighted by Gasteiger charge is 2.41. The molecule has 3 fully saturated rings. The molecule has 1 N–H and O–H groups in total. The van der Waals surface area contributed by atoms with E-state index in [4.69, 9.17) is 0 Å². The van der Waals surface area contributed by atoms with Crippen molar-refractivity contribution >= 4 is 23.6 Å². The Hall–Kier alpha value is -0.750. The predicted molar refractivity (Wildman–Crippen MR) is 93.5 cm³/mol. The highest BCUT2D eigenvalue weighted by molar-refractivity contribution is 7.99. The maximum absolute atomic E-state index is 12.5. The van der Waals surface area contributed by atoms with Gasteiger partial charge in [0.15, 0.2) is 0 Å². The maximum Gasteiger partial charge on any atom is 0.225 e. The monoisotopic (exact) mass is 339 g/mol. The third kappa shape index (κ3) is 3.85. The number of hydrogen-bond donors (Lipinski definition) is 1. The van der Waals surface area contributed by atoms with Crippen LogP contribution in [0.25, 0.3) is 0 Å². The lowest BCUT2D eigenvalue weighted by Gasteiger charge is -2.43. The molecule has 1 aliphatic carbocycles. The van der Waals surface area contributed by atoms with E-state index in [1.165, 1.54) is 37.2 Å². The van der Waals surface area contributed by atoms with Crippen LogP contribution in [-0.2, 0) is 9.59 Å². The predicted octanol–water partition coefficient (Wildman–Crippen LogP) is 1.33. The van der Waals surface area contributed by atoms with E-state index in [0.29, 0.717) is 6.54 Å². The van der Waals surface area contributed by atoms with Crippen molar-refractivity contribution in [1.29, 1.82) is 0 Å². The van der Waals surface area contributed by atoms with E-state index in [2.05, 4.69) is 10.2 Å². The molecule has 0 bridgehead atoms. The molecule has 2 aliphatic heterocycles. The normalized spacial score (nSPS) is 28.0. The van der Waals surface area contributed by atoms with Gasteiger partial charge in [0, 0.05) is 56.7 Å². The van der Waals surface area contributed by atoms with Crippen molar-refractivity contribution in [3.8, 4) is 0 Å². The third-order valence-electron chi connectivity index (χ3n) is 5.81. The Balaban J connectivity index is 1.55. The molecule has 0 radical (unpaired) electrons. The lowest BCUT2D eigenvalue weighted by atomic mass is 9.94. The summed E-state index contributed by atoms with van der Waals surface area (Å²) in [6.45, 7) is 6.00. The van der Waals surface area contributed by atoms with E-state index in [1.807, 2.05) is 11.8 Å². The summed E-state index contributed by atoms with van der Waals surface area (Å²) in [4.78, 5) is 28.4. The first-order chi connectivity index (χ1) is 11.1. The minimum Gasteiger partial charge on any atom is -0.354 e. The van der Waals surface area contributed by atoms with Gasteiger partial charge < -0.3 is 10.2 Å². The molecule has 0 aromatic rings. The van der Waals surface area contributed by atoms with Gasteiger partial charge in [0.2, 0.25) is 11.8 Å². The van der Waals surface area contributed by atoms with Crippen LogP contribution in [0.3, 0.4) is 0 Å². The van der Waals surface area contributed by atoms with Gasteiger partial charge in [0.05, 0.1) is 5.92 Å². The van der Waals surface area contributed by atoms with Gasteiger partial charge in [0.1, 0.15) is 0 Å². The SMILES string of the molecule is CC(=O)N1CC[C@@H](C(=O)NCC2(N3CCSCC3)CCCC2)C1. The van der Waals surface area contributed by atoms with E-state index >= 15 is 0 Å². The summed E-state index contributed by atoms with van der Waals surface area (Å²) in [5.41, 5.74) is 0.190. The molecule has 0 spiro atoms. The number of likely N-dealkylation sites (tertiary alicyclic amines) is 1. The van der Waals surface area contributed by atoms with E-state index in [9.17, 15) is 9.59 Å². The molecule has 0 aromatic heterocycles. The van der Waals surface area contributed by atoms with Gasteiger partial charge in [-0.2, -0.15) is 11.8 Å². The maximum atomic E-state index is 12.5. The van der Waals surface area contributed by atoms with Crippen molar-refractivity contribution < 1.29 is 9.59 Å². The summed E-state index contributed by atoms with van der Waals surface area (Å²) in [5, 5.41) is 3.24. The summed E-state index contributed by atoms with van der Waals surface area (Å²) in [7, 11) is 0. The second kappa shape index (κ2) is 7.43. The third-order valence-corrected chi connectivity index (χ3v) is 6.75. The molecule has 3 rings (SSSR count). The van der Waals surface area contributed by atoms with Gasteiger partial charge in [-0.25, -0.2) is 0 Å². The quantitative estimate of drug-likeness (QED) is 0.840. The van der Waals surface area contributed by atoms with Crippen LogP contribution in [0.4, 0.5) is 0 Å². The highest BCUT2D eigenvalue weighted by Crippen LogP contribution is 2.36. The van der Waals surface area contributed by atoms with Crippen molar-refractivity contribution in [2.75, 3.05) is 44.2 Å². The van der Waals surface area contributed by atoms with Crippen LogP contribution in [0.2, 0.25) is 0 Å². The number of nitrogens with zero attached hydrogens (tertiary/aromatic N) is 2. The minimum atomic E-state index is -0.0192. The fourth-order valence-corrected chi connectivity index (χ4v) is 5.23. The first kappa shape index (κ1) is 17.1. The van der Waals surface area contributed by atoms with Gasteiger partial charge in [0.25, 0.3) is 0 Å². The summed E-state index contributed by atoms with van der Waals surface area (Å²) in [5.74, 6) is 2.64. The second-order valence-corrected chi connectivity index (χ2v) is 8.42. The molecule has 2 heterocycles. The van der Waals surface area contributed by atoms with Crippen LogP contribution in [0.5, 0.6) is 0 Å². The van der Waals surface area contributed by atoms with E-state index < -0.39 is 0 Å². The average molecular weight is 340 g/mol. The van der Waals surface area contributed by atoms with Crippen LogP contribution in [-0.4, -0.2) is 71.4 Å². The number of thioether (sulfide) groups is 1. The molecule has 0 unspecified atom stereocenters. The Morgan fingerprint density at radius 3 is 2.48 bits per heavy atom. The molecule has 23 heavy (non-hydrogen) atoms. The largest absolute Gasteiger partial charge is 0.354 e. The summed E-state index contributed by atoms with van der Waals surface area (Å²) in [6, 6.07) is 0. The van der Waals surface area contributed by atoms with Gasteiger partial charge in [-0.15, -0.1) is 0 Å².